The van der Waals surface area contributed by atoms with E-state index >= 15 is 0 Å². The second-order valence-corrected chi connectivity index (χ2v) is 21.2. The van der Waals surface area contributed by atoms with Gasteiger partial charge in [-0.3, -0.25) is 4.79 Å². The van der Waals surface area contributed by atoms with Crippen molar-refractivity contribution in [3.63, 3.8) is 0 Å². The molecule has 0 radical (unpaired) electrons. The molecule has 2 aliphatic rings. The summed E-state index contributed by atoms with van der Waals surface area (Å²) in [5, 5.41) is 2.04. The third-order valence-electron chi connectivity index (χ3n) is 13.9. The molecule has 0 spiro atoms. The van der Waals surface area contributed by atoms with Gasteiger partial charge in [0.1, 0.15) is 40.5 Å². The molecule has 2 saturated heterocycles. The lowest BCUT2D eigenvalue weighted by atomic mass is 9.97. The number of halogens is 4. The lowest BCUT2D eigenvalue weighted by Crippen LogP contribution is -2.55. The predicted molar refractivity (Wildman–Crippen MR) is 307 cm³/mol. The standard InChI is InChI=1S/C31H33ClFN5O2.C29H27ClFN5O/c1-18-10-6-7-11-20(18)25-27-22(16-23(32)26(35-27)21-12-8-9-13-24(21)33)29(36-28(25)34)38-15-14-37(17-19(38)2)30(39)40-31(3,4)5;1-4-24(37)35-13-14-36(18(3)16-35)29-21-15-22(30)26(20-11-7-8-12-23(20)31)33-27(21)25(28(32)34-29)19-10-6-5-9-17(19)2/h6-13,16,19H,14-15,17H2,1-5H3,(H2,34,36);4-12,15,18H,1,13-14,16H2,2-3H3,(H2,32,34)/t19-;18-/m00/s1. The lowest BCUT2D eigenvalue weighted by Gasteiger charge is -2.41. The normalized spacial score (nSPS) is 15.8. The van der Waals surface area contributed by atoms with E-state index in [1.807, 2.05) is 97.0 Å². The van der Waals surface area contributed by atoms with Gasteiger partial charge in [0.15, 0.2) is 0 Å². The fourth-order valence-corrected chi connectivity index (χ4v) is 10.6. The summed E-state index contributed by atoms with van der Waals surface area (Å²) in [6, 6.07) is 32.1. The molecule has 396 valence electrons. The Hall–Kier alpha value is -7.88. The van der Waals surface area contributed by atoms with Crippen molar-refractivity contribution in [3.8, 4) is 44.8 Å². The van der Waals surface area contributed by atoms with Crippen LogP contribution in [0.3, 0.4) is 0 Å². The molecule has 0 aliphatic carbocycles. The molecule has 8 aromatic rings. The van der Waals surface area contributed by atoms with Crippen molar-refractivity contribution >= 4 is 80.3 Å². The number of pyridine rings is 4. The van der Waals surface area contributed by atoms with Crippen LogP contribution in [0.5, 0.6) is 0 Å². The first-order valence-corrected chi connectivity index (χ1v) is 26.1. The van der Waals surface area contributed by atoms with Gasteiger partial charge in [0.2, 0.25) is 5.91 Å². The number of ether oxygens (including phenoxy) is 1. The average Bonchev–Trinajstić information content (AvgIpc) is 3.46. The van der Waals surface area contributed by atoms with Crippen molar-refractivity contribution in [3.05, 3.63) is 155 Å². The number of carbonyl (C=O) groups excluding carboxylic acids is 2. The van der Waals surface area contributed by atoms with Gasteiger partial charge < -0.3 is 35.8 Å². The highest BCUT2D eigenvalue weighted by Gasteiger charge is 2.34. The number of fused-ring (bicyclic) bond motifs is 2. The fourth-order valence-electron chi connectivity index (χ4n) is 10.1. The Balaban J connectivity index is 0.000000188. The molecule has 0 saturated carbocycles. The van der Waals surface area contributed by atoms with E-state index in [1.54, 1.807) is 58.3 Å². The van der Waals surface area contributed by atoms with Crippen molar-refractivity contribution in [2.24, 2.45) is 0 Å². The Morgan fingerprint density at radius 2 is 1.01 bits per heavy atom. The zero-order valence-electron chi connectivity index (χ0n) is 44.0. The first-order chi connectivity index (χ1) is 36.7. The Morgan fingerprint density at radius 3 is 1.40 bits per heavy atom. The Labute approximate surface area is 457 Å². The molecule has 17 heteroatoms. The summed E-state index contributed by atoms with van der Waals surface area (Å²) in [5.41, 5.74) is 20.4. The molecule has 4 N–H and O–H groups in total. The van der Waals surface area contributed by atoms with Crippen molar-refractivity contribution in [2.75, 3.05) is 60.5 Å². The monoisotopic (exact) mass is 1080 g/mol. The topological polar surface area (TPSA) is 160 Å². The van der Waals surface area contributed by atoms with Crippen molar-refractivity contribution in [1.29, 1.82) is 0 Å². The molecule has 13 nitrogen and oxygen atoms in total. The maximum atomic E-state index is 14.9. The Bertz CT molecular complexity index is 3610. The van der Waals surface area contributed by atoms with E-state index < -0.39 is 17.2 Å². The van der Waals surface area contributed by atoms with E-state index in [-0.39, 0.29) is 24.1 Å². The Morgan fingerprint density at radius 1 is 0.623 bits per heavy atom. The molecule has 0 unspecified atom stereocenters. The summed E-state index contributed by atoms with van der Waals surface area (Å²) in [7, 11) is 0. The van der Waals surface area contributed by atoms with Crippen LogP contribution < -0.4 is 21.3 Å². The molecule has 6 heterocycles. The summed E-state index contributed by atoms with van der Waals surface area (Å²) in [6.45, 7) is 20.2. The van der Waals surface area contributed by atoms with Gasteiger partial charge >= 0.3 is 6.09 Å². The van der Waals surface area contributed by atoms with Gasteiger partial charge in [-0.2, -0.15) is 0 Å². The number of aromatic nitrogens is 4. The van der Waals surface area contributed by atoms with Crippen LogP contribution in [0.2, 0.25) is 10.0 Å². The molecule has 10 rings (SSSR count). The summed E-state index contributed by atoms with van der Waals surface area (Å²) >= 11 is 13.5. The number of nitrogens with two attached hydrogens (primary N) is 2. The number of amides is 2. The van der Waals surface area contributed by atoms with Crippen LogP contribution >= 0.6 is 23.2 Å². The van der Waals surface area contributed by atoms with Gasteiger partial charge in [0.05, 0.1) is 43.6 Å². The number of piperazine rings is 2. The zero-order valence-corrected chi connectivity index (χ0v) is 45.6. The minimum absolute atomic E-state index is 0.0397. The minimum atomic E-state index is -0.576. The van der Waals surface area contributed by atoms with Gasteiger partial charge in [0, 0.05) is 73.3 Å². The molecule has 0 bridgehead atoms. The van der Waals surface area contributed by atoms with Gasteiger partial charge in [0.25, 0.3) is 0 Å². The van der Waals surface area contributed by atoms with Gasteiger partial charge in [-0.05, 0) is 113 Å². The quantitative estimate of drug-likeness (QED) is 0.146. The van der Waals surface area contributed by atoms with Gasteiger partial charge in [-0.15, -0.1) is 0 Å². The van der Waals surface area contributed by atoms with Crippen LogP contribution in [-0.4, -0.2) is 98.7 Å². The number of carbonyl (C=O) groups is 2. The van der Waals surface area contributed by atoms with Crippen molar-refractivity contribution in [2.45, 2.75) is 66.2 Å². The molecule has 2 fully saturated rings. The second kappa shape index (κ2) is 22.0. The fraction of sp³-hybridized carbons (Fsp3) is 0.267. The molecule has 2 amide bonds. The lowest BCUT2D eigenvalue weighted by molar-refractivity contribution is -0.126. The molecule has 77 heavy (non-hydrogen) atoms. The summed E-state index contributed by atoms with van der Waals surface area (Å²) in [5.74, 6) is 0.970. The molecule has 2 atom stereocenters. The SMILES string of the molecule is C=CC(=O)N1CCN(c2nc(N)c(-c3ccccc3C)c3nc(-c4ccccc4F)c(Cl)cc23)[C@@H](C)C1.Cc1ccccc1-c1c(N)nc(N2CCN(C(=O)OC(C)(C)C)C[C@@H]2C)c2cc(Cl)c(-c3ccccc3F)nc12. The first kappa shape index (κ1) is 53.9. The van der Waals surface area contributed by atoms with Crippen LogP contribution in [0.25, 0.3) is 66.6 Å². The number of nitrogens with zero attached hydrogens (tertiary/aromatic N) is 8. The van der Waals surface area contributed by atoms with Gasteiger partial charge in [-0.25, -0.2) is 33.5 Å². The number of rotatable bonds is 7. The minimum Gasteiger partial charge on any atom is -0.444 e. The third-order valence-corrected chi connectivity index (χ3v) is 14.5. The van der Waals surface area contributed by atoms with Crippen LogP contribution in [-0.2, 0) is 9.53 Å². The average molecular weight is 1080 g/mol. The number of aryl methyl sites for hydroxylation is 2. The number of anilines is 4. The maximum Gasteiger partial charge on any atom is 0.410 e. The second-order valence-electron chi connectivity index (χ2n) is 20.4. The highest BCUT2D eigenvalue weighted by Crippen LogP contribution is 2.44. The number of hydrogen-bond acceptors (Lipinski definition) is 11. The summed E-state index contributed by atoms with van der Waals surface area (Å²) < 4.78 is 35.2. The van der Waals surface area contributed by atoms with Crippen LogP contribution in [0.4, 0.5) is 36.8 Å². The van der Waals surface area contributed by atoms with E-state index in [9.17, 15) is 18.4 Å². The summed E-state index contributed by atoms with van der Waals surface area (Å²) in [6.07, 6.45) is 0.990. The molecule has 4 aromatic heterocycles. The maximum absolute atomic E-state index is 14.9. The van der Waals surface area contributed by atoms with Gasteiger partial charge in [-0.1, -0.05) is 103 Å². The van der Waals surface area contributed by atoms with Crippen LogP contribution in [0.15, 0.2) is 122 Å². The van der Waals surface area contributed by atoms with E-state index in [2.05, 4.69) is 16.4 Å². The van der Waals surface area contributed by atoms with Crippen LogP contribution in [0.1, 0.15) is 45.7 Å². The molecular weight excluding hydrogens is 1020 g/mol. The Kier molecular flexibility index (Phi) is 15.4. The molecular formula is C60H60Cl2F2N10O3. The smallest absolute Gasteiger partial charge is 0.410 e. The predicted octanol–water partition coefficient (Wildman–Crippen LogP) is 13.0. The number of nitrogen functional groups attached to an aromatic ring is 2. The summed E-state index contributed by atoms with van der Waals surface area (Å²) in [4.78, 5) is 52.2. The van der Waals surface area contributed by atoms with Crippen molar-refractivity contribution < 1.29 is 23.1 Å². The highest BCUT2D eigenvalue weighted by atomic mass is 35.5. The first-order valence-electron chi connectivity index (χ1n) is 25.4. The van der Waals surface area contributed by atoms with E-state index in [0.717, 1.165) is 22.3 Å². The van der Waals surface area contributed by atoms with Crippen molar-refractivity contribution in [1.82, 2.24) is 29.7 Å². The number of hydrogen-bond donors (Lipinski definition) is 2. The van der Waals surface area contributed by atoms with Crippen LogP contribution in [0, 0.1) is 25.5 Å². The molecule has 4 aromatic carbocycles. The number of benzene rings is 4. The van der Waals surface area contributed by atoms with E-state index in [4.69, 9.17) is 59.3 Å². The largest absolute Gasteiger partial charge is 0.444 e. The zero-order chi connectivity index (χ0) is 55.0. The van der Waals surface area contributed by atoms with E-state index in [0.29, 0.717) is 128 Å². The molecule has 2 aliphatic heterocycles. The third kappa shape index (κ3) is 10.9. The van der Waals surface area contributed by atoms with E-state index in [1.165, 1.54) is 18.2 Å². The highest BCUT2D eigenvalue weighted by molar-refractivity contribution is 6.34.